The van der Waals surface area contributed by atoms with E-state index in [0.29, 0.717) is 5.56 Å². The number of para-hydroxylation sites is 1. The van der Waals surface area contributed by atoms with Crippen molar-refractivity contribution >= 4 is 22.9 Å². The van der Waals surface area contributed by atoms with Gasteiger partial charge in [0.15, 0.2) is 0 Å². The molecule has 1 aromatic heterocycles. The zero-order chi connectivity index (χ0) is 15.5. The summed E-state index contributed by atoms with van der Waals surface area (Å²) in [4.78, 5) is 17.5. The van der Waals surface area contributed by atoms with Crippen LogP contribution in [0.4, 0.5) is 5.69 Å². The average Bonchev–Trinajstić information content (AvgIpc) is 2.54. The first-order chi connectivity index (χ1) is 10.7. The number of carbonyl (C=O) groups is 1. The lowest BCUT2D eigenvalue weighted by Crippen LogP contribution is -2.16. The Hall–Kier alpha value is -2.68. The number of carbonyl (C=O) groups excluding carboxylic acids is 1. The fraction of sp³-hybridized carbons (Fsp3) is 0.158. The van der Waals surface area contributed by atoms with Crippen LogP contribution in [-0.2, 0) is 6.54 Å². The molecule has 3 rings (SSSR count). The molecular weight excluding hydrogens is 272 g/mol. The van der Waals surface area contributed by atoms with Gasteiger partial charge in [0.2, 0.25) is 0 Å². The van der Waals surface area contributed by atoms with Crippen LogP contribution in [-0.4, -0.2) is 18.3 Å². The maximum atomic E-state index is 10.7. The predicted molar refractivity (Wildman–Crippen MR) is 90.4 cm³/mol. The largest absolute Gasteiger partial charge is 0.370 e. The van der Waals surface area contributed by atoms with E-state index in [4.69, 9.17) is 0 Å². The van der Waals surface area contributed by atoms with E-state index in [-0.39, 0.29) is 0 Å². The summed E-state index contributed by atoms with van der Waals surface area (Å²) in [7, 11) is 2.06. The summed E-state index contributed by atoms with van der Waals surface area (Å²) < 4.78 is 0. The standard InChI is InChI=1S/C19H18N2O/c1-14-11-16(18-5-3-4-6-19(18)20-14)12-21(2)17-9-7-15(13-22)8-10-17/h3-11,13H,12H2,1-2H3. The lowest BCUT2D eigenvalue weighted by Gasteiger charge is -2.20. The zero-order valence-electron chi connectivity index (χ0n) is 12.8. The van der Waals surface area contributed by atoms with Crippen molar-refractivity contribution in [3.8, 4) is 0 Å². The number of benzene rings is 2. The van der Waals surface area contributed by atoms with E-state index in [1.165, 1.54) is 10.9 Å². The minimum Gasteiger partial charge on any atom is -0.370 e. The van der Waals surface area contributed by atoms with Crippen molar-refractivity contribution in [2.24, 2.45) is 0 Å². The predicted octanol–water partition coefficient (Wildman–Crippen LogP) is 3.99. The second-order valence-electron chi connectivity index (χ2n) is 5.51. The molecule has 0 saturated carbocycles. The van der Waals surface area contributed by atoms with Crippen molar-refractivity contribution in [1.82, 2.24) is 4.98 Å². The SMILES string of the molecule is Cc1cc(CN(C)c2ccc(C=O)cc2)c2ccccc2n1. The molecule has 3 nitrogen and oxygen atoms in total. The third-order valence-electron chi connectivity index (χ3n) is 3.81. The van der Waals surface area contributed by atoms with Crippen molar-refractivity contribution in [2.75, 3.05) is 11.9 Å². The molecule has 0 unspecified atom stereocenters. The van der Waals surface area contributed by atoms with E-state index in [0.717, 1.165) is 29.7 Å². The number of nitrogens with zero attached hydrogens (tertiary/aromatic N) is 2. The second kappa shape index (κ2) is 5.98. The van der Waals surface area contributed by atoms with Gasteiger partial charge in [0.1, 0.15) is 6.29 Å². The van der Waals surface area contributed by atoms with Crippen LogP contribution in [0.1, 0.15) is 21.6 Å². The number of rotatable bonds is 4. The molecule has 0 aliphatic heterocycles. The lowest BCUT2D eigenvalue weighted by molar-refractivity contribution is 0.112. The van der Waals surface area contributed by atoms with Crippen molar-refractivity contribution in [1.29, 1.82) is 0 Å². The summed E-state index contributed by atoms with van der Waals surface area (Å²) in [6, 6.07) is 18.0. The summed E-state index contributed by atoms with van der Waals surface area (Å²) in [5.74, 6) is 0. The molecule has 0 aliphatic carbocycles. The summed E-state index contributed by atoms with van der Waals surface area (Å²) in [6.07, 6.45) is 0.865. The maximum absolute atomic E-state index is 10.7. The molecule has 0 N–H and O–H groups in total. The molecule has 3 heteroatoms. The molecule has 22 heavy (non-hydrogen) atoms. The third kappa shape index (κ3) is 2.84. The summed E-state index contributed by atoms with van der Waals surface area (Å²) in [5.41, 5.74) is 5.09. The van der Waals surface area contributed by atoms with Crippen LogP contribution < -0.4 is 4.90 Å². The number of fused-ring (bicyclic) bond motifs is 1. The van der Waals surface area contributed by atoms with E-state index in [1.807, 2.05) is 49.4 Å². The normalized spacial score (nSPS) is 10.6. The maximum Gasteiger partial charge on any atom is 0.150 e. The highest BCUT2D eigenvalue weighted by atomic mass is 16.1. The molecule has 1 heterocycles. The molecule has 0 amide bonds. The summed E-state index contributed by atoms with van der Waals surface area (Å²) in [6.45, 7) is 2.82. The van der Waals surface area contributed by atoms with Gasteiger partial charge in [-0.2, -0.15) is 0 Å². The lowest BCUT2D eigenvalue weighted by atomic mass is 10.1. The van der Waals surface area contributed by atoms with E-state index in [2.05, 4.69) is 29.1 Å². The highest BCUT2D eigenvalue weighted by Gasteiger charge is 2.07. The molecule has 0 spiro atoms. The van der Waals surface area contributed by atoms with Gasteiger partial charge in [-0.3, -0.25) is 9.78 Å². The molecule has 0 bridgehead atoms. The minimum absolute atomic E-state index is 0.697. The highest BCUT2D eigenvalue weighted by molar-refractivity contribution is 5.82. The smallest absolute Gasteiger partial charge is 0.150 e. The molecular formula is C19H18N2O. The van der Waals surface area contributed by atoms with E-state index >= 15 is 0 Å². The average molecular weight is 290 g/mol. The van der Waals surface area contributed by atoms with Crippen LogP contribution in [0.25, 0.3) is 10.9 Å². The first-order valence-electron chi connectivity index (χ1n) is 7.29. The van der Waals surface area contributed by atoms with E-state index < -0.39 is 0 Å². The van der Waals surface area contributed by atoms with Crippen LogP contribution in [0.5, 0.6) is 0 Å². The van der Waals surface area contributed by atoms with Gasteiger partial charge in [0, 0.05) is 35.9 Å². The Labute approximate surface area is 130 Å². The van der Waals surface area contributed by atoms with Gasteiger partial charge in [0.05, 0.1) is 5.52 Å². The Morgan fingerprint density at radius 2 is 1.82 bits per heavy atom. The van der Waals surface area contributed by atoms with Gasteiger partial charge in [-0.1, -0.05) is 18.2 Å². The Kier molecular flexibility index (Phi) is 3.88. The van der Waals surface area contributed by atoms with Gasteiger partial charge in [-0.25, -0.2) is 0 Å². The van der Waals surface area contributed by atoms with Crippen LogP contribution in [0.2, 0.25) is 0 Å². The van der Waals surface area contributed by atoms with Crippen molar-refractivity contribution in [2.45, 2.75) is 13.5 Å². The van der Waals surface area contributed by atoms with Crippen LogP contribution >= 0.6 is 0 Å². The van der Waals surface area contributed by atoms with E-state index in [9.17, 15) is 4.79 Å². The van der Waals surface area contributed by atoms with Crippen LogP contribution in [0, 0.1) is 6.92 Å². The summed E-state index contributed by atoms with van der Waals surface area (Å²) >= 11 is 0. The van der Waals surface area contributed by atoms with Gasteiger partial charge >= 0.3 is 0 Å². The van der Waals surface area contributed by atoms with Crippen molar-refractivity contribution in [3.63, 3.8) is 0 Å². The molecule has 0 aliphatic rings. The van der Waals surface area contributed by atoms with Crippen molar-refractivity contribution < 1.29 is 4.79 Å². The van der Waals surface area contributed by atoms with Crippen LogP contribution in [0.15, 0.2) is 54.6 Å². The summed E-state index contributed by atoms with van der Waals surface area (Å²) in [5, 5.41) is 1.18. The molecule has 110 valence electrons. The Balaban J connectivity index is 1.93. The molecule has 3 aromatic rings. The monoisotopic (exact) mass is 290 g/mol. The molecule has 0 radical (unpaired) electrons. The Morgan fingerprint density at radius 1 is 1.09 bits per heavy atom. The van der Waals surface area contributed by atoms with Gasteiger partial charge < -0.3 is 4.90 Å². The minimum atomic E-state index is 0.697. The fourth-order valence-electron chi connectivity index (χ4n) is 2.68. The number of hydrogen-bond acceptors (Lipinski definition) is 3. The van der Waals surface area contributed by atoms with Crippen molar-refractivity contribution in [3.05, 3.63) is 71.4 Å². The number of anilines is 1. The fourth-order valence-corrected chi connectivity index (χ4v) is 2.68. The Morgan fingerprint density at radius 3 is 2.55 bits per heavy atom. The second-order valence-corrected chi connectivity index (χ2v) is 5.51. The Bertz CT molecular complexity index is 809. The number of aromatic nitrogens is 1. The number of aldehydes is 1. The highest BCUT2D eigenvalue weighted by Crippen LogP contribution is 2.22. The third-order valence-corrected chi connectivity index (χ3v) is 3.81. The molecule has 0 saturated heterocycles. The van der Waals surface area contributed by atoms with E-state index in [1.54, 1.807) is 0 Å². The zero-order valence-corrected chi connectivity index (χ0v) is 12.8. The number of aryl methyl sites for hydroxylation is 1. The molecule has 2 aromatic carbocycles. The van der Waals surface area contributed by atoms with Gasteiger partial charge in [-0.05, 0) is 48.9 Å². The van der Waals surface area contributed by atoms with Gasteiger partial charge in [0.25, 0.3) is 0 Å². The first kappa shape index (κ1) is 14.3. The number of hydrogen-bond donors (Lipinski definition) is 0. The topological polar surface area (TPSA) is 33.2 Å². The quantitative estimate of drug-likeness (QED) is 0.681. The van der Waals surface area contributed by atoms with Gasteiger partial charge in [-0.15, -0.1) is 0 Å². The first-order valence-corrected chi connectivity index (χ1v) is 7.29. The number of pyridine rings is 1. The molecule has 0 fully saturated rings. The van der Waals surface area contributed by atoms with Crippen LogP contribution in [0.3, 0.4) is 0 Å². The molecule has 0 atom stereocenters.